The largest absolute Gasteiger partial charge is 0.452 e. The molecule has 0 aliphatic carbocycles. The number of hydrogen-bond donors (Lipinski definition) is 1. The fraction of sp³-hybridized carbons (Fsp3) is 0.294. The van der Waals surface area contributed by atoms with Gasteiger partial charge >= 0.3 is 5.97 Å². The number of aryl methyl sites for hydroxylation is 2. The molecule has 1 N–H and O–H groups in total. The first-order valence-corrected chi connectivity index (χ1v) is 7.92. The summed E-state index contributed by atoms with van der Waals surface area (Å²) >= 11 is 1.58. The van der Waals surface area contributed by atoms with E-state index in [1.807, 2.05) is 50.4 Å². The van der Waals surface area contributed by atoms with Crippen molar-refractivity contribution >= 4 is 23.2 Å². The van der Waals surface area contributed by atoms with E-state index in [9.17, 15) is 9.59 Å². The van der Waals surface area contributed by atoms with Gasteiger partial charge in [-0.3, -0.25) is 4.79 Å². The van der Waals surface area contributed by atoms with Gasteiger partial charge in [-0.2, -0.15) is 0 Å². The summed E-state index contributed by atoms with van der Waals surface area (Å²) in [6, 6.07) is 9.36. The van der Waals surface area contributed by atoms with Crippen molar-refractivity contribution in [3.63, 3.8) is 0 Å². The summed E-state index contributed by atoms with van der Waals surface area (Å²) in [5, 5.41) is 4.77. The highest BCUT2D eigenvalue weighted by Gasteiger charge is 2.15. The third kappa shape index (κ3) is 4.18. The highest BCUT2D eigenvalue weighted by Crippen LogP contribution is 2.18. The lowest BCUT2D eigenvalue weighted by molar-refractivity contribution is -0.124. The molecule has 0 aliphatic rings. The molecule has 1 amide bonds. The minimum absolute atomic E-state index is 0.0908. The highest BCUT2D eigenvalue weighted by molar-refractivity contribution is 7.10. The van der Waals surface area contributed by atoms with Crippen molar-refractivity contribution in [2.24, 2.45) is 0 Å². The van der Waals surface area contributed by atoms with Crippen LogP contribution < -0.4 is 5.32 Å². The van der Waals surface area contributed by atoms with Crippen LogP contribution in [-0.2, 0) is 9.53 Å². The summed E-state index contributed by atoms with van der Waals surface area (Å²) in [6.45, 7) is 5.37. The van der Waals surface area contributed by atoms with Crippen molar-refractivity contribution < 1.29 is 14.3 Å². The van der Waals surface area contributed by atoms with Crippen LogP contribution in [0.1, 0.15) is 39.3 Å². The molecule has 4 nitrogen and oxygen atoms in total. The molecule has 0 radical (unpaired) electrons. The number of hydrogen-bond acceptors (Lipinski definition) is 4. The smallest absolute Gasteiger partial charge is 0.338 e. The van der Waals surface area contributed by atoms with E-state index >= 15 is 0 Å². The van der Waals surface area contributed by atoms with E-state index in [0.717, 1.165) is 16.0 Å². The molecule has 0 aliphatic heterocycles. The molecule has 2 aromatic rings. The Bertz CT molecular complexity index is 665. The SMILES string of the molecule is Cc1ccc(C)c(C(=O)OCC(=O)N[C@@H](C)c2cccs2)c1. The number of esters is 1. The van der Waals surface area contributed by atoms with Gasteiger partial charge in [0.15, 0.2) is 6.61 Å². The van der Waals surface area contributed by atoms with E-state index in [1.165, 1.54) is 0 Å². The zero-order valence-electron chi connectivity index (χ0n) is 12.9. The Morgan fingerprint density at radius 1 is 1.27 bits per heavy atom. The highest BCUT2D eigenvalue weighted by atomic mass is 32.1. The van der Waals surface area contributed by atoms with Crippen LogP contribution in [-0.4, -0.2) is 18.5 Å². The van der Waals surface area contributed by atoms with Crippen LogP contribution in [0, 0.1) is 13.8 Å². The van der Waals surface area contributed by atoms with Gasteiger partial charge in [0.25, 0.3) is 5.91 Å². The zero-order chi connectivity index (χ0) is 16.1. The normalized spacial score (nSPS) is 11.8. The Hall–Kier alpha value is -2.14. The van der Waals surface area contributed by atoms with Crippen LogP contribution in [0.2, 0.25) is 0 Å². The van der Waals surface area contributed by atoms with Gasteiger partial charge in [0.1, 0.15) is 0 Å². The molecule has 1 aromatic heterocycles. The number of carbonyl (C=O) groups excluding carboxylic acids is 2. The maximum atomic E-state index is 12.0. The van der Waals surface area contributed by atoms with Crippen LogP contribution >= 0.6 is 11.3 Å². The van der Waals surface area contributed by atoms with Crippen molar-refractivity contribution in [1.82, 2.24) is 5.32 Å². The molecule has 1 aromatic carbocycles. The maximum Gasteiger partial charge on any atom is 0.338 e. The molecular weight excluding hydrogens is 298 g/mol. The summed E-state index contributed by atoms with van der Waals surface area (Å²) in [5.41, 5.74) is 2.32. The van der Waals surface area contributed by atoms with Gasteiger partial charge in [-0.25, -0.2) is 4.79 Å². The Balaban J connectivity index is 1.88. The van der Waals surface area contributed by atoms with Crippen molar-refractivity contribution in [3.8, 4) is 0 Å². The monoisotopic (exact) mass is 317 g/mol. The van der Waals surface area contributed by atoms with Crippen LogP contribution in [0.15, 0.2) is 35.7 Å². The van der Waals surface area contributed by atoms with Gasteiger partial charge in [-0.05, 0) is 43.8 Å². The summed E-state index contributed by atoms with van der Waals surface area (Å²) in [6.07, 6.45) is 0. The Labute approximate surface area is 134 Å². The second-order valence-corrected chi connectivity index (χ2v) is 6.18. The third-order valence-electron chi connectivity index (χ3n) is 3.29. The third-order valence-corrected chi connectivity index (χ3v) is 4.35. The number of ether oxygens (including phenoxy) is 1. The Kier molecular flexibility index (Phi) is 5.33. The molecule has 0 bridgehead atoms. The Morgan fingerprint density at radius 3 is 2.73 bits per heavy atom. The quantitative estimate of drug-likeness (QED) is 0.860. The first-order valence-electron chi connectivity index (χ1n) is 7.04. The molecule has 0 spiro atoms. The van der Waals surface area contributed by atoms with Gasteiger partial charge in [0.05, 0.1) is 11.6 Å². The first-order chi connectivity index (χ1) is 10.5. The number of thiophene rings is 1. The number of nitrogens with one attached hydrogen (secondary N) is 1. The van der Waals surface area contributed by atoms with E-state index in [-0.39, 0.29) is 18.6 Å². The summed E-state index contributed by atoms with van der Waals surface area (Å²) in [5.74, 6) is -0.778. The molecule has 1 heterocycles. The molecule has 0 fully saturated rings. The van der Waals surface area contributed by atoms with Crippen molar-refractivity contribution in [2.75, 3.05) is 6.61 Å². The van der Waals surface area contributed by atoms with Gasteiger partial charge in [0, 0.05) is 4.88 Å². The number of rotatable bonds is 5. The second kappa shape index (κ2) is 7.22. The van der Waals surface area contributed by atoms with E-state index in [0.29, 0.717) is 5.56 Å². The lowest BCUT2D eigenvalue weighted by atomic mass is 10.1. The lowest BCUT2D eigenvalue weighted by Gasteiger charge is -2.13. The lowest BCUT2D eigenvalue weighted by Crippen LogP contribution is -2.30. The molecule has 2 rings (SSSR count). The van der Waals surface area contributed by atoms with Crippen molar-refractivity contribution in [3.05, 3.63) is 57.3 Å². The Morgan fingerprint density at radius 2 is 2.05 bits per heavy atom. The zero-order valence-corrected chi connectivity index (χ0v) is 13.7. The molecule has 0 saturated heterocycles. The molecule has 0 unspecified atom stereocenters. The summed E-state index contributed by atoms with van der Waals surface area (Å²) < 4.78 is 5.10. The van der Waals surface area contributed by atoms with Crippen LogP contribution in [0.25, 0.3) is 0 Å². The van der Waals surface area contributed by atoms with E-state index < -0.39 is 5.97 Å². The number of benzene rings is 1. The minimum Gasteiger partial charge on any atom is -0.452 e. The average Bonchev–Trinajstić information content (AvgIpc) is 3.01. The summed E-state index contributed by atoms with van der Waals surface area (Å²) in [7, 11) is 0. The summed E-state index contributed by atoms with van der Waals surface area (Å²) in [4.78, 5) is 25.0. The predicted molar refractivity (Wildman–Crippen MR) is 87.1 cm³/mol. The van der Waals surface area contributed by atoms with Crippen LogP contribution in [0.5, 0.6) is 0 Å². The second-order valence-electron chi connectivity index (χ2n) is 5.20. The van der Waals surface area contributed by atoms with Crippen LogP contribution in [0.3, 0.4) is 0 Å². The standard InChI is InChI=1S/C17H19NO3S/c1-11-6-7-12(2)14(9-11)17(20)21-10-16(19)18-13(3)15-5-4-8-22-15/h4-9,13H,10H2,1-3H3,(H,18,19)/t13-/m0/s1. The first kappa shape index (κ1) is 16.2. The maximum absolute atomic E-state index is 12.0. The fourth-order valence-electron chi connectivity index (χ4n) is 2.06. The minimum atomic E-state index is -0.472. The van der Waals surface area contributed by atoms with Gasteiger partial charge < -0.3 is 10.1 Å². The van der Waals surface area contributed by atoms with Gasteiger partial charge in [-0.15, -0.1) is 11.3 Å². The molecule has 116 valence electrons. The van der Waals surface area contributed by atoms with Crippen molar-refractivity contribution in [1.29, 1.82) is 0 Å². The topological polar surface area (TPSA) is 55.4 Å². The van der Waals surface area contributed by atoms with E-state index in [2.05, 4.69) is 5.32 Å². The van der Waals surface area contributed by atoms with Gasteiger partial charge in [0.2, 0.25) is 0 Å². The molecule has 1 atom stereocenters. The molecular formula is C17H19NO3S. The van der Waals surface area contributed by atoms with E-state index in [1.54, 1.807) is 17.4 Å². The molecule has 5 heteroatoms. The average molecular weight is 317 g/mol. The molecule has 22 heavy (non-hydrogen) atoms. The van der Waals surface area contributed by atoms with Crippen LogP contribution in [0.4, 0.5) is 0 Å². The van der Waals surface area contributed by atoms with Gasteiger partial charge in [-0.1, -0.05) is 23.8 Å². The predicted octanol–water partition coefficient (Wildman–Crippen LogP) is 3.40. The number of amides is 1. The fourth-order valence-corrected chi connectivity index (χ4v) is 2.79. The van der Waals surface area contributed by atoms with Crippen molar-refractivity contribution in [2.45, 2.75) is 26.8 Å². The van der Waals surface area contributed by atoms with E-state index in [4.69, 9.17) is 4.74 Å². The molecule has 0 saturated carbocycles. The number of carbonyl (C=O) groups is 2.